The van der Waals surface area contributed by atoms with Crippen LogP contribution in [0.3, 0.4) is 0 Å². The van der Waals surface area contributed by atoms with Crippen molar-refractivity contribution in [3.63, 3.8) is 0 Å². The molecule has 0 fully saturated rings. The van der Waals surface area contributed by atoms with Crippen LogP contribution in [0.15, 0.2) is 24.3 Å². The van der Waals surface area contributed by atoms with Crippen molar-refractivity contribution < 1.29 is 33.2 Å². The Hall–Kier alpha value is -1.37. The fourth-order valence-electron chi connectivity index (χ4n) is 1.44. The highest BCUT2D eigenvalue weighted by atomic mass is 32.2. The molecule has 2 aromatic rings. The Labute approximate surface area is 145 Å². The van der Waals surface area contributed by atoms with E-state index in [4.69, 9.17) is 24.8 Å². The van der Waals surface area contributed by atoms with Gasteiger partial charge in [-0.25, -0.2) is 13.1 Å². The van der Waals surface area contributed by atoms with Gasteiger partial charge >= 0.3 is 0 Å². The summed E-state index contributed by atoms with van der Waals surface area (Å²) in [7, 11) is -5.81. The minimum absolute atomic E-state index is 0.362. The standard InChI is InChI=1S/C14H21N3O2S/c1-15-20(18,19)10-11-4-5-14-13(8-11)12(9-16-14)6-7-17(2)3/h4-5,8-9,15-16H,6-7,10H2,1-3H3/i1D3,2D3,3D3,4D,5D,7D2,8D,10D2/hD2. The summed E-state index contributed by atoms with van der Waals surface area (Å²) >= 11 is 0. The smallest absolute Gasteiger partial charge is 0.215 e. The van der Waals surface area contributed by atoms with Gasteiger partial charge in [0.05, 0.1) is 9.82 Å². The van der Waals surface area contributed by atoms with E-state index >= 15 is 0 Å². The highest BCUT2D eigenvalue weighted by Gasteiger charge is 2.11. The minimum atomic E-state index is -5.81. The molecule has 0 amide bonds. The number of aryl methyl sites for hydroxylation is 1. The molecule has 6 heteroatoms. The molecule has 0 unspecified atom stereocenters. The molecule has 2 rings (SSSR count). The molecule has 110 valence electrons. The van der Waals surface area contributed by atoms with E-state index in [9.17, 15) is 8.42 Å². The Morgan fingerprint density at radius 3 is 3.20 bits per heavy atom. The van der Waals surface area contributed by atoms with Crippen LogP contribution < -0.4 is 4.72 Å². The second-order valence-corrected chi connectivity index (χ2v) is 4.93. The number of benzene rings is 1. The van der Waals surface area contributed by atoms with Crippen molar-refractivity contribution >= 4 is 20.9 Å². The van der Waals surface area contributed by atoms with E-state index < -0.39 is 99.3 Å². The van der Waals surface area contributed by atoms with E-state index in [-0.39, 0.29) is 0 Å². The van der Waals surface area contributed by atoms with E-state index in [1.165, 1.54) is 0 Å². The highest BCUT2D eigenvalue weighted by molar-refractivity contribution is 7.88. The molecule has 0 saturated heterocycles. The monoisotopic (exact) mass is 313 g/mol. The number of rotatable bonds is 6. The fraction of sp³-hybridized carbons (Fsp3) is 0.429. The Kier molecular flexibility index (Phi) is 1.22. The lowest BCUT2D eigenvalue weighted by Crippen LogP contribution is -2.20. The van der Waals surface area contributed by atoms with E-state index in [2.05, 4.69) is 0 Å². The molecule has 0 radical (unpaired) electrons. The first-order valence-corrected chi connectivity index (χ1v) is 6.53. The Bertz CT molecular complexity index is 1330. The second-order valence-electron chi connectivity index (χ2n) is 3.60. The summed E-state index contributed by atoms with van der Waals surface area (Å²) < 4.78 is 163. The summed E-state index contributed by atoms with van der Waals surface area (Å²) in [6.45, 7) is -13.9. The summed E-state index contributed by atoms with van der Waals surface area (Å²) in [5.74, 6) is 0. The van der Waals surface area contributed by atoms with Gasteiger partial charge in [-0.15, -0.1) is 0 Å². The maximum Gasteiger partial charge on any atom is 0.215 e. The van der Waals surface area contributed by atoms with Gasteiger partial charge in [0.25, 0.3) is 0 Å². The SMILES string of the molecule is [2H]c1c(C([2H])([2H])S(=O)(=O)N([2H])C([2H])([2H])[2H])c([2H])c2c(CC([2H])([2H])N(C([2H])([2H])[2H])C([2H])([2H])[2H])cn([2H])c2c1[2H]. The maximum atomic E-state index is 12.7. The first-order chi connectivity index (χ1) is 16.6. The third-order valence-electron chi connectivity index (χ3n) is 2.24. The van der Waals surface area contributed by atoms with Gasteiger partial charge in [-0.2, -0.15) is 0 Å². The molecule has 0 bridgehead atoms. The van der Waals surface area contributed by atoms with Crippen molar-refractivity contribution in [3.8, 4) is 0 Å². The zero-order chi connectivity index (χ0) is 30.2. The molecule has 0 aliphatic rings. The minimum Gasteiger partial charge on any atom is -0.361 e. The third-order valence-corrected chi connectivity index (χ3v) is 2.94. The Balaban J connectivity index is 2.92. The Morgan fingerprint density at radius 2 is 2.45 bits per heavy atom. The summed E-state index contributed by atoms with van der Waals surface area (Å²) in [4.78, 5) is -0.0512. The number of aromatic amines is 1. The molecule has 1 heterocycles. The number of sulfonamides is 1. The number of nitrogens with zero attached hydrogens (tertiary/aromatic N) is 1. The van der Waals surface area contributed by atoms with Gasteiger partial charge in [-0.1, -0.05) is 6.04 Å². The van der Waals surface area contributed by atoms with Crippen LogP contribution >= 0.6 is 0 Å². The van der Waals surface area contributed by atoms with Crippen LogP contribution in [0.1, 0.15) is 33.1 Å². The summed E-state index contributed by atoms with van der Waals surface area (Å²) in [6.07, 6.45) is -0.411. The van der Waals surface area contributed by atoms with Crippen molar-refractivity contribution in [2.45, 2.75) is 12.1 Å². The molecule has 0 spiro atoms. The molecule has 2 N–H and O–H groups in total. The largest absolute Gasteiger partial charge is 0.361 e. The predicted molar refractivity (Wildman–Crippen MR) is 82.2 cm³/mol. The van der Waals surface area contributed by atoms with Gasteiger partial charge < -0.3 is 9.88 Å². The lowest BCUT2D eigenvalue weighted by Gasteiger charge is -2.08. The lowest BCUT2D eigenvalue weighted by atomic mass is 10.1. The molecule has 0 saturated carbocycles. The van der Waals surface area contributed by atoms with E-state index in [0.29, 0.717) is 4.98 Å². The maximum absolute atomic E-state index is 12.7. The van der Waals surface area contributed by atoms with Crippen LogP contribution in [0.25, 0.3) is 10.9 Å². The van der Waals surface area contributed by atoms with Crippen molar-refractivity contribution in [2.75, 3.05) is 27.4 Å². The fourth-order valence-corrected chi connectivity index (χ4v) is 1.84. The molecular formula is C14H21N3O2S. The first-order valence-electron chi connectivity index (χ1n) is 14.0. The zero-order valence-corrected chi connectivity index (χ0v) is 10.7. The van der Waals surface area contributed by atoms with Gasteiger partial charge in [0, 0.05) is 41.4 Å². The predicted octanol–water partition coefficient (Wildman–Crippen LogP) is 1.32. The normalized spacial score (nSPS) is 29.1. The van der Waals surface area contributed by atoms with Gasteiger partial charge in [0.1, 0.15) is 1.41 Å². The van der Waals surface area contributed by atoms with Crippen molar-refractivity contribution in [1.82, 2.24) is 14.6 Å². The van der Waals surface area contributed by atoms with Crippen LogP contribution in [-0.4, -0.2) is 45.7 Å². The number of aromatic nitrogens is 1. The van der Waals surface area contributed by atoms with Crippen LogP contribution in [0.5, 0.6) is 0 Å². The molecular weight excluding hydrogens is 274 g/mol. The van der Waals surface area contributed by atoms with Crippen molar-refractivity contribution in [1.29, 1.82) is 0 Å². The third kappa shape index (κ3) is 3.59. The van der Waals surface area contributed by atoms with Crippen LogP contribution in [-0.2, 0) is 22.1 Å². The number of fused-ring (bicyclic) bond motifs is 1. The molecule has 1 aromatic carbocycles. The van der Waals surface area contributed by atoms with Crippen LogP contribution in [0, 0.1) is 0 Å². The number of hydrogen-bond donors (Lipinski definition) is 2. The van der Waals surface area contributed by atoms with Crippen molar-refractivity contribution in [3.05, 3.63) is 35.5 Å². The number of H-pyrrole nitrogens is 1. The average Bonchev–Trinajstić information content (AvgIpc) is 2.96. The van der Waals surface area contributed by atoms with Gasteiger partial charge in [-0.05, 0) is 50.6 Å². The lowest BCUT2D eigenvalue weighted by molar-refractivity contribution is 0.414. The summed E-state index contributed by atoms with van der Waals surface area (Å²) in [5.41, 5.74) is -6.49. The summed E-state index contributed by atoms with van der Waals surface area (Å²) in [6, 6.07) is -3.47. The number of nitrogens with one attached hydrogen (secondary N) is 2. The quantitative estimate of drug-likeness (QED) is 0.845. The van der Waals surface area contributed by atoms with Crippen LogP contribution in [0.2, 0.25) is 2.82 Å². The van der Waals surface area contributed by atoms with E-state index in [0.717, 1.165) is 6.20 Å². The molecule has 1 aromatic heterocycles. The van der Waals surface area contributed by atoms with Gasteiger partial charge in [0.2, 0.25) is 10.0 Å². The number of hydrogen-bond acceptors (Lipinski definition) is 3. The molecule has 5 nitrogen and oxygen atoms in total. The van der Waals surface area contributed by atoms with E-state index in [1.54, 1.807) is 0 Å². The zero-order valence-electron chi connectivity index (χ0n) is 27.9. The molecule has 0 atom stereocenters. The second kappa shape index (κ2) is 5.95. The highest BCUT2D eigenvalue weighted by Crippen LogP contribution is 2.21. The van der Waals surface area contributed by atoms with Crippen LogP contribution in [0.4, 0.5) is 0 Å². The van der Waals surface area contributed by atoms with Crippen molar-refractivity contribution in [2.24, 2.45) is 0 Å². The van der Waals surface area contributed by atoms with Gasteiger partial charge in [0.15, 0.2) is 1.41 Å². The molecule has 0 aliphatic carbocycles. The topological polar surface area (TPSA) is 65.2 Å². The molecule has 20 heavy (non-hydrogen) atoms. The van der Waals surface area contributed by atoms with Gasteiger partial charge in [-0.3, -0.25) is 0 Å². The number of likely N-dealkylation sites (N-methyl/N-ethyl adjacent to an activating group) is 1. The molecule has 0 aliphatic heterocycles. The Morgan fingerprint density at radius 1 is 1.60 bits per heavy atom. The summed E-state index contributed by atoms with van der Waals surface area (Å²) in [5, 5.41) is -0.680. The first kappa shape index (κ1) is 4.09. The van der Waals surface area contributed by atoms with E-state index in [1.807, 2.05) is 0 Å². The average molecular weight is 314 g/mol.